The van der Waals surface area contributed by atoms with Crippen LogP contribution in [0.4, 0.5) is 0 Å². The van der Waals surface area contributed by atoms with Gasteiger partial charge in [0.05, 0.1) is 23.9 Å². The van der Waals surface area contributed by atoms with Crippen LogP contribution in [0.5, 0.6) is 0 Å². The summed E-state index contributed by atoms with van der Waals surface area (Å²) in [5.74, 6) is 0.997. The maximum Gasteiger partial charge on any atom is 0.258 e. The zero-order valence-electron chi connectivity index (χ0n) is 11.4. The Balaban J connectivity index is 2.03. The Kier molecular flexibility index (Phi) is 3.60. The second kappa shape index (κ2) is 5.23. The van der Waals surface area contributed by atoms with Gasteiger partial charge >= 0.3 is 0 Å². The van der Waals surface area contributed by atoms with Crippen molar-refractivity contribution in [3.05, 3.63) is 34.5 Å². The molecule has 0 radical (unpaired) electrons. The third-order valence-corrected chi connectivity index (χ3v) is 4.54. The van der Waals surface area contributed by atoms with E-state index in [1.54, 1.807) is 11.8 Å². The number of nitrogens with zero attached hydrogens (tertiary/aromatic N) is 3. The Bertz CT molecular complexity index is 583. The molecule has 0 aromatic heterocycles. The number of morpholine rings is 1. The van der Waals surface area contributed by atoms with E-state index in [1.165, 1.54) is 5.56 Å². The molecular weight excluding hydrogens is 258 g/mol. The molecule has 0 bridgehead atoms. The average Bonchev–Trinajstić information content (AvgIpc) is 2.79. The number of fused-ring (bicyclic) bond motifs is 1. The summed E-state index contributed by atoms with van der Waals surface area (Å²) >= 11 is 1.79. The monoisotopic (exact) mass is 277 g/mol. The van der Waals surface area contributed by atoms with E-state index >= 15 is 0 Å². The van der Waals surface area contributed by atoms with Gasteiger partial charge in [-0.05, 0) is 30.4 Å². The molecular formula is C14H19N3OS. The van der Waals surface area contributed by atoms with Gasteiger partial charge < -0.3 is 4.74 Å². The molecule has 2 heterocycles. The number of hydrogen-bond donors (Lipinski definition) is 0. The number of thioether (sulfide) groups is 1. The molecule has 1 saturated heterocycles. The minimum Gasteiger partial charge on any atom is -0.379 e. The highest BCUT2D eigenvalue weighted by atomic mass is 32.2. The first-order chi connectivity index (χ1) is 9.23. The van der Waals surface area contributed by atoms with Crippen LogP contribution in [0.15, 0.2) is 28.2 Å². The maximum absolute atomic E-state index is 5.44. The fourth-order valence-corrected chi connectivity index (χ4v) is 3.58. The number of ether oxygens (including phenoxy) is 1. The van der Waals surface area contributed by atoms with E-state index in [4.69, 9.17) is 14.7 Å². The van der Waals surface area contributed by atoms with Gasteiger partial charge in [0, 0.05) is 13.1 Å². The lowest BCUT2D eigenvalue weighted by atomic mass is 10.2. The van der Waals surface area contributed by atoms with Gasteiger partial charge in [0.1, 0.15) is 0 Å². The molecule has 19 heavy (non-hydrogen) atoms. The van der Waals surface area contributed by atoms with Crippen LogP contribution in [-0.2, 0) is 4.74 Å². The molecule has 0 saturated carbocycles. The second-order valence-electron chi connectivity index (χ2n) is 4.82. The normalized spacial score (nSPS) is 26.6. The van der Waals surface area contributed by atoms with Crippen molar-refractivity contribution < 1.29 is 4.74 Å². The Morgan fingerprint density at radius 3 is 2.74 bits per heavy atom. The first kappa shape index (κ1) is 13.1. The molecule has 1 unspecified atom stereocenters. The average molecular weight is 277 g/mol. The van der Waals surface area contributed by atoms with Crippen LogP contribution in [0, 0.1) is 6.92 Å². The Hall–Kier alpha value is -0.910. The summed E-state index contributed by atoms with van der Waals surface area (Å²) in [5, 5.41) is 1.57. The van der Waals surface area contributed by atoms with Crippen LogP contribution in [0.2, 0.25) is 0 Å². The summed E-state index contributed by atoms with van der Waals surface area (Å²) in [6.07, 6.45) is 0. The van der Waals surface area contributed by atoms with Gasteiger partial charge in [0.25, 0.3) is 5.12 Å². The van der Waals surface area contributed by atoms with Gasteiger partial charge in [-0.2, -0.15) is 0 Å². The van der Waals surface area contributed by atoms with Crippen LogP contribution in [-0.4, -0.2) is 42.1 Å². The zero-order valence-corrected chi connectivity index (χ0v) is 12.2. The number of hydrogen-bond acceptors (Lipinski definition) is 5. The summed E-state index contributed by atoms with van der Waals surface area (Å²) in [4.78, 5) is 12.2. The quantitative estimate of drug-likeness (QED) is 0.825. The molecule has 1 aromatic carbocycles. The van der Waals surface area contributed by atoms with Gasteiger partial charge in [-0.3, -0.25) is 0 Å². The van der Waals surface area contributed by atoms with E-state index in [1.807, 2.05) is 0 Å². The minimum absolute atomic E-state index is 0.464. The van der Waals surface area contributed by atoms with Crippen LogP contribution >= 0.6 is 11.8 Å². The molecule has 0 aliphatic carbocycles. The molecule has 1 atom stereocenters. The molecule has 5 heteroatoms. The van der Waals surface area contributed by atoms with Crippen LogP contribution in [0.3, 0.4) is 0 Å². The van der Waals surface area contributed by atoms with E-state index < -0.39 is 5.12 Å². The SMILES string of the molecule is CCSC1(N2CCOCC2)N=c2ccc(C)cc2=N1. The Labute approximate surface area is 117 Å². The Morgan fingerprint density at radius 2 is 2.00 bits per heavy atom. The molecule has 0 N–H and O–H groups in total. The van der Waals surface area contributed by atoms with Crippen molar-refractivity contribution in [3.8, 4) is 0 Å². The van der Waals surface area contributed by atoms with Crippen molar-refractivity contribution in [2.75, 3.05) is 32.1 Å². The van der Waals surface area contributed by atoms with Crippen LogP contribution in [0.25, 0.3) is 0 Å². The smallest absolute Gasteiger partial charge is 0.258 e. The number of aryl methyl sites for hydroxylation is 1. The third kappa shape index (κ3) is 2.42. The van der Waals surface area contributed by atoms with Gasteiger partial charge in [0.2, 0.25) is 0 Å². The third-order valence-electron chi connectivity index (χ3n) is 3.42. The molecule has 2 aliphatic heterocycles. The van der Waals surface area contributed by atoms with Crippen molar-refractivity contribution in [3.63, 3.8) is 0 Å². The lowest BCUT2D eigenvalue weighted by molar-refractivity contribution is 0.0111. The van der Waals surface area contributed by atoms with Crippen LogP contribution in [0.1, 0.15) is 12.5 Å². The molecule has 102 valence electrons. The van der Waals surface area contributed by atoms with Gasteiger partial charge in [0.15, 0.2) is 0 Å². The molecule has 0 spiro atoms. The summed E-state index contributed by atoms with van der Waals surface area (Å²) in [6.45, 7) is 7.59. The minimum atomic E-state index is -0.464. The maximum atomic E-state index is 5.44. The van der Waals surface area contributed by atoms with Crippen molar-refractivity contribution in [2.45, 2.75) is 19.0 Å². The highest BCUT2D eigenvalue weighted by molar-refractivity contribution is 8.00. The molecule has 0 amide bonds. The van der Waals surface area contributed by atoms with Crippen LogP contribution < -0.4 is 10.7 Å². The summed E-state index contributed by atoms with van der Waals surface area (Å²) < 4.78 is 5.44. The van der Waals surface area contributed by atoms with Gasteiger partial charge in [-0.25, -0.2) is 14.9 Å². The topological polar surface area (TPSA) is 37.2 Å². The Morgan fingerprint density at radius 1 is 1.26 bits per heavy atom. The van der Waals surface area contributed by atoms with E-state index in [9.17, 15) is 0 Å². The van der Waals surface area contributed by atoms with Crippen molar-refractivity contribution >= 4 is 11.8 Å². The highest BCUT2D eigenvalue weighted by Crippen LogP contribution is 2.33. The van der Waals surface area contributed by atoms with E-state index in [0.717, 1.165) is 42.8 Å². The zero-order chi connectivity index (χ0) is 13.3. The first-order valence-electron chi connectivity index (χ1n) is 6.77. The standard InChI is InChI=1S/C14H19N3OS/c1-3-19-14(17-6-8-18-9-7-17)15-12-5-4-11(2)10-13(12)16-14/h4-5,10H,3,6-9H2,1-2H3. The van der Waals surface area contributed by atoms with E-state index in [-0.39, 0.29) is 0 Å². The fourth-order valence-electron chi connectivity index (χ4n) is 2.50. The molecule has 1 fully saturated rings. The molecule has 1 aromatic rings. The predicted molar refractivity (Wildman–Crippen MR) is 76.7 cm³/mol. The van der Waals surface area contributed by atoms with Gasteiger partial charge in [-0.15, -0.1) is 0 Å². The first-order valence-corrected chi connectivity index (χ1v) is 7.75. The highest BCUT2D eigenvalue weighted by Gasteiger charge is 2.39. The summed E-state index contributed by atoms with van der Waals surface area (Å²) in [6, 6.07) is 6.30. The van der Waals surface area contributed by atoms with Gasteiger partial charge in [-0.1, -0.05) is 24.8 Å². The summed E-state index contributed by atoms with van der Waals surface area (Å²) in [7, 11) is 0. The molecule has 2 aliphatic rings. The lowest BCUT2D eigenvalue weighted by Crippen LogP contribution is -2.49. The lowest BCUT2D eigenvalue weighted by Gasteiger charge is -2.37. The largest absolute Gasteiger partial charge is 0.379 e. The summed E-state index contributed by atoms with van der Waals surface area (Å²) in [5.41, 5.74) is 1.23. The van der Waals surface area contributed by atoms with Crippen molar-refractivity contribution in [2.24, 2.45) is 9.98 Å². The predicted octanol–water partition coefficient (Wildman–Crippen LogP) is 0.944. The number of rotatable bonds is 3. The van der Waals surface area contributed by atoms with Crippen molar-refractivity contribution in [1.29, 1.82) is 0 Å². The van der Waals surface area contributed by atoms with E-state index in [2.05, 4.69) is 36.9 Å². The molecule has 4 nitrogen and oxygen atoms in total. The molecule has 3 rings (SSSR count). The van der Waals surface area contributed by atoms with E-state index in [0.29, 0.717) is 0 Å². The number of benzene rings is 1. The van der Waals surface area contributed by atoms with Crippen molar-refractivity contribution in [1.82, 2.24) is 4.90 Å². The second-order valence-corrected chi connectivity index (χ2v) is 6.24. The fraction of sp³-hybridized carbons (Fsp3) is 0.571.